The van der Waals surface area contributed by atoms with E-state index in [0.717, 1.165) is 49.6 Å². The van der Waals surface area contributed by atoms with Crippen LogP contribution < -0.4 is 0 Å². The Kier molecular flexibility index (Phi) is 4.10. The second-order valence-electron chi connectivity index (χ2n) is 5.28. The predicted molar refractivity (Wildman–Crippen MR) is 79.7 cm³/mol. The monoisotopic (exact) mass is 291 g/mol. The molecule has 1 saturated heterocycles. The molecule has 1 aromatic heterocycles. The number of aliphatic hydroxyl groups excluding tert-OH is 1. The fourth-order valence-electron chi connectivity index (χ4n) is 2.66. The highest BCUT2D eigenvalue weighted by molar-refractivity contribution is 6.33. The number of rotatable bonds is 3. The number of hydrogen-bond acceptors (Lipinski definition) is 3. The minimum atomic E-state index is -0.207. The van der Waals surface area contributed by atoms with Crippen molar-refractivity contribution in [2.45, 2.75) is 25.5 Å². The van der Waals surface area contributed by atoms with Crippen LogP contribution in [-0.2, 0) is 6.54 Å². The van der Waals surface area contributed by atoms with Crippen LogP contribution in [0.4, 0.5) is 0 Å². The van der Waals surface area contributed by atoms with E-state index in [9.17, 15) is 5.11 Å². The first-order chi connectivity index (χ1) is 9.72. The summed E-state index contributed by atoms with van der Waals surface area (Å²) >= 11 is 6.18. The number of halogens is 1. The van der Waals surface area contributed by atoms with Crippen LogP contribution in [-0.4, -0.2) is 29.2 Å². The van der Waals surface area contributed by atoms with Crippen LogP contribution in [0.1, 0.15) is 18.6 Å². The molecule has 0 bridgehead atoms. The summed E-state index contributed by atoms with van der Waals surface area (Å²) in [5.41, 5.74) is 0.916. The Morgan fingerprint density at radius 1 is 1.25 bits per heavy atom. The highest BCUT2D eigenvalue weighted by atomic mass is 35.5. The standard InChI is InChI=1S/C16H18ClNO2/c17-15-6-2-1-5-14(15)16-8-7-13(20-16)11-18-9-3-4-12(19)10-18/h1-2,5-8,12,19H,3-4,9-11H2. The smallest absolute Gasteiger partial charge is 0.135 e. The van der Waals surface area contributed by atoms with E-state index in [1.807, 2.05) is 36.4 Å². The van der Waals surface area contributed by atoms with Crippen LogP contribution >= 0.6 is 11.6 Å². The van der Waals surface area contributed by atoms with Gasteiger partial charge in [-0.05, 0) is 43.7 Å². The Labute approximate surface area is 123 Å². The number of nitrogens with zero attached hydrogens (tertiary/aromatic N) is 1. The molecule has 2 aromatic rings. The zero-order valence-electron chi connectivity index (χ0n) is 11.3. The molecule has 4 heteroatoms. The third-order valence-electron chi connectivity index (χ3n) is 3.66. The van der Waals surface area contributed by atoms with Crippen molar-refractivity contribution in [3.05, 3.63) is 47.2 Å². The van der Waals surface area contributed by atoms with Gasteiger partial charge in [0.2, 0.25) is 0 Å². The number of benzene rings is 1. The van der Waals surface area contributed by atoms with Gasteiger partial charge in [-0.25, -0.2) is 0 Å². The second kappa shape index (κ2) is 6.00. The molecular weight excluding hydrogens is 274 g/mol. The van der Waals surface area contributed by atoms with Crippen LogP contribution in [0.2, 0.25) is 5.02 Å². The Hall–Kier alpha value is -1.29. The molecular formula is C16H18ClNO2. The molecule has 1 aromatic carbocycles. The molecule has 1 atom stereocenters. The number of aliphatic hydroxyl groups is 1. The van der Waals surface area contributed by atoms with Crippen LogP contribution in [0.3, 0.4) is 0 Å². The Balaban J connectivity index is 1.72. The summed E-state index contributed by atoms with van der Waals surface area (Å²) in [6.45, 7) is 2.48. The summed E-state index contributed by atoms with van der Waals surface area (Å²) in [5, 5.41) is 10.4. The first kappa shape index (κ1) is 13.7. The summed E-state index contributed by atoms with van der Waals surface area (Å²) in [5.74, 6) is 1.71. The van der Waals surface area contributed by atoms with Crippen LogP contribution in [0, 0.1) is 0 Å². The molecule has 106 valence electrons. The maximum absolute atomic E-state index is 9.69. The van der Waals surface area contributed by atoms with Gasteiger partial charge in [0, 0.05) is 12.1 Å². The summed E-state index contributed by atoms with van der Waals surface area (Å²) in [6.07, 6.45) is 1.74. The van der Waals surface area contributed by atoms with Crippen molar-refractivity contribution < 1.29 is 9.52 Å². The lowest BCUT2D eigenvalue weighted by molar-refractivity contribution is 0.0635. The number of piperidine rings is 1. The molecule has 0 aliphatic carbocycles. The van der Waals surface area contributed by atoms with E-state index in [4.69, 9.17) is 16.0 Å². The lowest BCUT2D eigenvalue weighted by Gasteiger charge is -2.29. The summed E-state index contributed by atoms with van der Waals surface area (Å²) in [6, 6.07) is 11.6. The van der Waals surface area contributed by atoms with Gasteiger partial charge in [0.25, 0.3) is 0 Å². The normalized spacial score (nSPS) is 20.2. The molecule has 0 amide bonds. The van der Waals surface area contributed by atoms with Gasteiger partial charge in [-0.15, -0.1) is 0 Å². The molecule has 3 nitrogen and oxygen atoms in total. The summed E-state index contributed by atoms with van der Waals surface area (Å²) < 4.78 is 5.88. The van der Waals surface area contributed by atoms with Crippen molar-refractivity contribution in [3.8, 4) is 11.3 Å². The molecule has 1 fully saturated rings. The average molecular weight is 292 g/mol. The van der Waals surface area contributed by atoms with Gasteiger partial charge in [-0.1, -0.05) is 23.7 Å². The van der Waals surface area contributed by atoms with E-state index in [0.29, 0.717) is 5.02 Å². The number of likely N-dealkylation sites (tertiary alicyclic amines) is 1. The minimum absolute atomic E-state index is 0.207. The van der Waals surface area contributed by atoms with Gasteiger partial charge in [0.05, 0.1) is 17.7 Å². The highest BCUT2D eigenvalue weighted by Gasteiger charge is 2.19. The van der Waals surface area contributed by atoms with Crippen molar-refractivity contribution in [2.24, 2.45) is 0 Å². The van der Waals surface area contributed by atoms with Crippen LogP contribution in [0.5, 0.6) is 0 Å². The lowest BCUT2D eigenvalue weighted by atomic mass is 10.1. The minimum Gasteiger partial charge on any atom is -0.460 e. The van der Waals surface area contributed by atoms with Crippen molar-refractivity contribution in [2.75, 3.05) is 13.1 Å². The molecule has 0 saturated carbocycles. The average Bonchev–Trinajstić information content (AvgIpc) is 2.87. The molecule has 0 radical (unpaired) electrons. The van der Waals surface area contributed by atoms with Gasteiger partial charge in [-0.3, -0.25) is 4.90 Å². The predicted octanol–water partition coefficient (Wildman–Crippen LogP) is 3.56. The highest BCUT2D eigenvalue weighted by Crippen LogP contribution is 2.29. The third-order valence-corrected chi connectivity index (χ3v) is 3.99. The van der Waals surface area contributed by atoms with E-state index in [1.54, 1.807) is 0 Å². The molecule has 3 rings (SSSR count). The quantitative estimate of drug-likeness (QED) is 0.939. The van der Waals surface area contributed by atoms with Crippen molar-refractivity contribution in [1.29, 1.82) is 0 Å². The second-order valence-corrected chi connectivity index (χ2v) is 5.68. The van der Waals surface area contributed by atoms with E-state index in [-0.39, 0.29) is 6.10 Å². The Bertz CT molecular complexity index is 581. The Morgan fingerprint density at radius 2 is 2.10 bits per heavy atom. The van der Waals surface area contributed by atoms with Gasteiger partial charge in [0.15, 0.2) is 0 Å². The van der Waals surface area contributed by atoms with Crippen molar-refractivity contribution in [3.63, 3.8) is 0 Å². The SMILES string of the molecule is OC1CCCN(Cc2ccc(-c3ccccc3Cl)o2)C1. The zero-order chi connectivity index (χ0) is 13.9. The molecule has 0 spiro atoms. The first-order valence-corrected chi connectivity index (χ1v) is 7.34. The molecule has 1 N–H and O–H groups in total. The van der Waals surface area contributed by atoms with Crippen LogP contribution in [0.15, 0.2) is 40.8 Å². The van der Waals surface area contributed by atoms with Gasteiger partial charge in [-0.2, -0.15) is 0 Å². The maximum Gasteiger partial charge on any atom is 0.135 e. The summed E-state index contributed by atoms with van der Waals surface area (Å²) in [7, 11) is 0. The van der Waals surface area contributed by atoms with E-state index in [2.05, 4.69) is 4.90 Å². The van der Waals surface area contributed by atoms with E-state index >= 15 is 0 Å². The first-order valence-electron chi connectivity index (χ1n) is 6.96. The topological polar surface area (TPSA) is 36.6 Å². The van der Waals surface area contributed by atoms with Gasteiger partial charge in [0.1, 0.15) is 11.5 Å². The summed E-state index contributed by atoms with van der Waals surface area (Å²) in [4.78, 5) is 2.23. The zero-order valence-corrected chi connectivity index (χ0v) is 12.0. The van der Waals surface area contributed by atoms with Crippen molar-refractivity contribution >= 4 is 11.6 Å². The fraction of sp³-hybridized carbons (Fsp3) is 0.375. The molecule has 20 heavy (non-hydrogen) atoms. The largest absolute Gasteiger partial charge is 0.460 e. The molecule has 2 heterocycles. The molecule has 1 aliphatic rings. The lowest BCUT2D eigenvalue weighted by Crippen LogP contribution is -2.37. The van der Waals surface area contributed by atoms with Crippen LogP contribution in [0.25, 0.3) is 11.3 Å². The van der Waals surface area contributed by atoms with E-state index < -0.39 is 0 Å². The van der Waals surface area contributed by atoms with E-state index in [1.165, 1.54) is 0 Å². The fourth-order valence-corrected chi connectivity index (χ4v) is 2.89. The Morgan fingerprint density at radius 3 is 2.90 bits per heavy atom. The number of hydrogen-bond donors (Lipinski definition) is 1. The third kappa shape index (κ3) is 3.06. The number of β-amino-alcohol motifs (C(OH)–C–C–N with tert-alkyl or cyclic N) is 1. The van der Waals surface area contributed by atoms with Crippen molar-refractivity contribution in [1.82, 2.24) is 4.90 Å². The van der Waals surface area contributed by atoms with Gasteiger partial charge < -0.3 is 9.52 Å². The molecule has 1 unspecified atom stereocenters. The molecule has 1 aliphatic heterocycles. The maximum atomic E-state index is 9.69. The number of furan rings is 1. The van der Waals surface area contributed by atoms with Gasteiger partial charge >= 0.3 is 0 Å².